The van der Waals surface area contributed by atoms with Crippen molar-refractivity contribution in [2.24, 2.45) is 4.99 Å². The van der Waals surface area contributed by atoms with Crippen LogP contribution in [-0.4, -0.2) is 23.2 Å². The molecule has 2 aromatic rings. The van der Waals surface area contributed by atoms with Crippen molar-refractivity contribution in [3.8, 4) is 0 Å². The first-order valence-electron chi connectivity index (χ1n) is 7.44. The number of nitrogens with zero attached hydrogens (tertiary/aromatic N) is 1. The van der Waals surface area contributed by atoms with Gasteiger partial charge in [-0.25, -0.2) is 0 Å². The van der Waals surface area contributed by atoms with Crippen molar-refractivity contribution in [3.05, 3.63) is 83.7 Å². The van der Waals surface area contributed by atoms with Crippen LogP contribution in [0.15, 0.2) is 77.6 Å². The summed E-state index contributed by atoms with van der Waals surface area (Å²) in [5.41, 5.74) is 2.38. The molecule has 4 heteroatoms. The molecule has 0 saturated carbocycles. The first kappa shape index (κ1) is 15.2. The van der Waals surface area contributed by atoms with Crippen molar-refractivity contribution in [1.82, 2.24) is 0 Å². The van der Waals surface area contributed by atoms with Crippen molar-refractivity contribution in [2.45, 2.75) is 12.5 Å². The summed E-state index contributed by atoms with van der Waals surface area (Å²) in [5, 5.41) is 9.08. The Hall–Kier alpha value is -2.72. The third kappa shape index (κ3) is 3.55. The van der Waals surface area contributed by atoms with Crippen LogP contribution >= 0.6 is 0 Å². The first-order chi connectivity index (χ1) is 11.3. The van der Waals surface area contributed by atoms with Gasteiger partial charge < -0.3 is 9.84 Å². The summed E-state index contributed by atoms with van der Waals surface area (Å²) in [5.74, 6) is 0.0563. The van der Waals surface area contributed by atoms with Crippen LogP contribution < -0.4 is 0 Å². The van der Waals surface area contributed by atoms with Crippen molar-refractivity contribution in [1.29, 1.82) is 0 Å². The lowest BCUT2D eigenvalue weighted by Crippen LogP contribution is -2.20. The molecule has 0 aromatic heterocycles. The van der Waals surface area contributed by atoms with E-state index in [2.05, 4.69) is 4.99 Å². The van der Waals surface area contributed by atoms with Gasteiger partial charge in [-0.05, 0) is 11.1 Å². The van der Waals surface area contributed by atoms with Gasteiger partial charge >= 0.3 is 0 Å². The number of ketones is 1. The van der Waals surface area contributed by atoms with Crippen LogP contribution in [0.4, 0.5) is 0 Å². The van der Waals surface area contributed by atoms with E-state index in [0.29, 0.717) is 5.71 Å². The van der Waals surface area contributed by atoms with Crippen molar-refractivity contribution < 1.29 is 14.6 Å². The van der Waals surface area contributed by atoms with Gasteiger partial charge in [0, 0.05) is 0 Å². The fourth-order valence-electron chi connectivity index (χ4n) is 2.44. The zero-order valence-corrected chi connectivity index (χ0v) is 12.6. The highest BCUT2D eigenvalue weighted by Crippen LogP contribution is 2.29. The van der Waals surface area contributed by atoms with E-state index in [4.69, 9.17) is 9.84 Å². The number of rotatable bonds is 5. The van der Waals surface area contributed by atoms with Gasteiger partial charge in [0.1, 0.15) is 6.10 Å². The highest BCUT2D eigenvalue weighted by Gasteiger charge is 2.23. The third-order valence-electron chi connectivity index (χ3n) is 3.64. The van der Waals surface area contributed by atoms with Gasteiger partial charge in [-0.2, -0.15) is 0 Å². The Morgan fingerprint density at radius 2 is 1.57 bits per heavy atom. The summed E-state index contributed by atoms with van der Waals surface area (Å²) in [6, 6.07) is 19.5. The van der Waals surface area contributed by atoms with Crippen LogP contribution in [0.5, 0.6) is 0 Å². The highest BCUT2D eigenvalue weighted by molar-refractivity contribution is 6.10. The van der Waals surface area contributed by atoms with E-state index in [1.807, 2.05) is 60.7 Å². The molecule has 0 unspecified atom stereocenters. The van der Waals surface area contributed by atoms with Gasteiger partial charge in [0.25, 0.3) is 0 Å². The molecule has 2 aromatic carbocycles. The van der Waals surface area contributed by atoms with Gasteiger partial charge in [0.05, 0.1) is 24.9 Å². The smallest absolute Gasteiger partial charge is 0.204 e. The van der Waals surface area contributed by atoms with Gasteiger partial charge in [-0.15, -0.1) is 0 Å². The number of aliphatic hydroxyl groups excluding tert-OH is 1. The Morgan fingerprint density at radius 1 is 1.00 bits per heavy atom. The minimum absolute atomic E-state index is 0.0959. The maximum absolute atomic E-state index is 12.2. The highest BCUT2D eigenvalue weighted by atomic mass is 16.5. The van der Waals surface area contributed by atoms with Crippen LogP contribution in [0.3, 0.4) is 0 Å². The molecule has 1 heterocycles. The Balaban J connectivity index is 1.93. The number of aliphatic hydroxyl groups is 1. The molecule has 0 aliphatic carbocycles. The van der Waals surface area contributed by atoms with Crippen LogP contribution in [-0.2, 0) is 9.53 Å². The average molecular weight is 307 g/mol. The van der Waals surface area contributed by atoms with Crippen LogP contribution in [0, 0.1) is 0 Å². The molecule has 0 fully saturated rings. The van der Waals surface area contributed by atoms with Crippen LogP contribution in [0.25, 0.3) is 0 Å². The van der Waals surface area contributed by atoms with Crippen LogP contribution in [0.1, 0.15) is 23.7 Å². The second kappa shape index (κ2) is 7.03. The molecule has 0 radical (unpaired) electrons. The van der Waals surface area contributed by atoms with E-state index in [-0.39, 0.29) is 30.7 Å². The molecule has 4 nitrogen and oxygen atoms in total. The monoisotopic (exact) mass is 307 g/mol. The molecule has 23 heavy (non-hydrogen) atoms. The zero-order valence-electron chi connectivity index (χ0n) is 12.6. The standard InChI is InChI=1S/C19H17NO3/c21-13-16-11-17(22)18(12-20-16)23-19(14-7-3-1-4-8-14)15-9-5-2-6-10-15/h1-10,12,19,21H,11,13H2. The van der Waals surface area contributed by atoms with E-state index in [9.17, 15) is 4.79 Å². The van der Waals surface area contributed by atoms with E-state index in [1.54, 1.807) is 0 Å². The number of benzene rings is 2. The Labute approximate surface area is 134 Å². The van der Waals surface area contributed by atoms with Crippen LogP contribution in [0.2, 0.25) is 0 Å². The number of aliphatic imine (C=N–C) groups is 1. The Kier molecular flexibility index (Phi) is 4.64. The quantitative estimate of drug-likeness (QED) is 0.923. The topological polar surface area (TPSA) is 58.9 Å². The molecular formula is C19H17NO3. The lowest BCUT2D eigenvalue weighted by molar-refractivity contribution is -0.118. The van der Waals surface area contributed by atoms with Gasteiger partial charge in [0.15, 0.2) is 5.76 Å². The summed E-state index contributed by atoms with van der Waals surface area (Å²) in [6.45, 7) is -0.212. The number of ether oxygens (including phenoxy) is 1. The Morgan fingerprint density at radius 3 is 2.04 bits per heavy atom. The molecule has 0 saturated heterocycles. The number of carbonyl (C=O) groups is 1. The summed E-state index contributed by atoms with van der Waals surface area (Å²) in [4.78, 5) is 16.3. The number of carbonyl (C=O) groups excluding carboxylic acids is 1. The zero-order chi connectivity index (χ0) is 16.1. The van der Waals surface area contributed by atoms with Gasteiger partial charge in [-0.3, -0.25) is 9.79 Å². The largest absolute Gasteiger partial charge is 0.476 e. The molecule has 1 aliphatic rings. The minimum atomic E-state index is -0.376. The maximum atomic E-state index is 12.2. The predicted molar refractivity (Wildman–Crippen MR) is 88.0 cm³/mol. The predicted octanol–water partition coefficient (Wildman–Crippen LogP) is 3.04. The molecule has 0 bridgehead atoms. The maximum Gasteiger partial charge on any atom is 0.204 e. The van der Waals surface area contributed by atoms with E-state index < -0.39 is 0 Å². The molecule has 0 amide bonds. The van der Waals surface area contributed by atoms with Crippen molar-refractivity contribution in [2.75, 3.05) is 6.61 Å². The molecule has 1 aliphatic heterocycles. The molecule has 1 N–H and O–H groups in total. The molecule has 0 atom stereocenters. The number of allylic oxidation sites excluding steroid dienone is 1. The second-order valence-corrected chi connectivity index (χ2v) is 5.27. The SMILES string of the molecule is O=C1CC(CO)=NC=C1OC(c1ccccc1)c1ccccc1. The van der Waals surface area contributed by atoms with E-state index in [1.165, 1.54) is 6.20 Å². The normalized spacial score (nSPS) is 14.4. The van der Waals surface area contributed by atoms with Gasteiger partial charge in [0.2, 0.25) is 5.78 Å². The minimum Gasteiger partial charge on any atom is -0.476 e. The molecular weight excluding hydrogens is 290 g/mol. The fourth-order valence-corrected chi connectivity index (χ4v) is 2.44. The number of hydrogen-bond donors (Lipinski definition) is 1. The first-order valence-corrected chi connectivity index (χ1v) is 7.44. The van der Waals surface area contributed by atoms with E-state index >= 15 is 0 Å². The molecule has 116 valence electrons. The lowest BCUT2D eigenvalue weighted by atomic mass is 10.0. The number of Topliss-reactive ketones (excluding diaryl/α,β-unsaturated/α-hetero) is 1. The fraction of sp³-hybridized carbons (Fsp3) is 0.158. The summed E-state index contributed by atoms with van der Waals surface area (Å²) >= 11 is 0. The average Bonchev–Trinajstić information content (AvgIpc) is 2.62. The summed E-state index contributed by atoms with van der Waals surface area (Å²) < 4.78 is 5.99. The molecule has 0 spiro atoms. The second-order valence-electron chi connectivity index (χ2n) is 5.27. The lowest BCUT2D eigenvalue weighted by Gasteiger charge is -2.22. The van der Waals surface area contributed by atoms with Gasteiger partial charge in [-0.1, -0.05) is 60.7 Å². The number of hydrogen-bond acceptors (Lipinski definition) is 4. The van der Waals surface area contributed by atoms with E-state index in [0.717, 1.165) is 11.1 Å². The van der Waals surface area contributed by atoms with Crippen molar-refractivity contribution >= 4 is 11.5 Å². The molecule has 3 rings (SSSR count). The summed E-state index contributed by atoms with van der Waals surface area (Å²) in [7, 11) is 0. The van der Waals surface area contributed by atoms with Crippen molar-refractivity contribution in [3.63, 3.8) is 0 Å². The third-order valence-corrected chi connectivity index (χ3v) is 3.64. The Bertz CT molecular complexity index is 696. The summed E-state index contributed by atoms with van der Waals surface area (Å²) in [6.07, 6.45) is 1.12.